The molecule has 0 heterocycles. The Hall–Kier alpha value is -0.870. The monoisotopic (exact) mass is 298 g/mol. The Morgan fingerprint density at radius 2 is 1.88 bits per heavy atom. The second-order valence-electron chi connectivity index (χ2n) is 4.40. The van der Waals surface area contributed by atoms with E-state index in [9.17, 15) is 4.79 Å². The molecule has 1 atom stereocenters. The van der Waals surface area contributed by atoms with Crippen LogP contribution in [-0.4, -0.2) is 19.5 Å². The molecule has 0 aromatic heterocycles. The van der Waals surface area contributed by atoms with Gasteiger partial charge in [0.2, 0.25) is 5.91 Å². The molecule has 3 nitrogen and oxygen atoms in total. The Morgan fingerprint density at radius 1 is 1.29 bits per heavy atom. The van der Waals surface area contributed by atoms with Gasteiger partial charge in [0.15, 0.2) is 0 Å². The lowest BCUT2D eigenvalue weighted by molar-refractivity contribution is -0.120. The number of anilines is 1. The smallest absolute Gasteiger partial charge is 0.229 e. The number of hydrogen-bond donors (Lipinski definition) is 2. The van der Waals surface area contributed by atoms with E-state index in [2.05, 4.69) is 40.4 Å². The van der Waals surface area contributed by atoms with E-state index < -0.39 is 0 Å². The molecule has 1 unspecified atom stereocenters. The lowest BCUT2D eigenvalue weighted by Crippen LogP contribution is -2.34. The zero-order chi connectivity index (χ0) is 12.8. The number of amides is 1. The number of rotatable bonds is 5. The minimum Gasteiger partial charge on any atom is -0.326 e. The molecule has 0 radical (unpaired) electrons. The molecule has 0 fully saturated rings. The number of carbonyl (C=O) groups is 1. The molecule has 4 heteroatoms. The predicted molar refractivity (Wildman–Crippen MR) is 75.0 cm³/mol. The number of nitrogens with one attached hydrogen (secondary N) is 2. The molecule has 0 bridgehead atoms. The van der Waals surface area contributed by atoms with E-state index in [4.69, 9.17) is 0 Å². The lowest BCUT2D eigenvalue weighted by atomic mass is 9.95. The highest BCUT2D eigenvalue weighted by molar-refractivity contribution is 9.10. The summed E-state index contributed by atoms with van der Waals surface area (Å²) >= 11 is 3.37. The fourth-order valence-electron chi connectivity index (χ4n) is 1.62. The highest BCUT2D eigenvalue weighted by Crippen LogP contribution is 2.17. The van der Waals surface area contributed by atoms with Gasteiger partial charge in [-0.25, -0.2) is 0 Å². The molecule has 0 saturated carbocycles. The van der Waals surface area contributed by atoms with Crippen LogP contribution in [0.2, 0.25) is 0 Å². The molecule has 94 valence electrons. The number of hydrogen-bond acceptors (Lipinski definition) is 2. The summed E-state index contributed by atoms with van der Waals surface area (Å²) in [4.78, 5) is 12.1. The van der Waals surface area contributed by atoms with Gasteiger partial charge >= 0.3 is 0 Å². The first-order valence-corrected chi connectivity index (χ1v) is 6.55. The van der Waals surface area contributed by atoms with Gasteiger partial charge in [-0.1, -0.05) is 29.8 Å². The lowest BCUT2D eigenvalue weighted by Gasteiger charge is -2.19. The summed E-state index contributed by atoms with van der Waals surface area (Å²) in [5, 5.41) is 5.99. The molecular weight excluding hydrogens is 280 g/mol. The minimum atomic E-state index is -0.0105. The highest BCUT2D eigenvalue weighted by Gasteiger charge is 2.21. The number of halogens is 1. The van der Waals surface area contributed by atoms with Crippen molar-refractivity contribution >= 4 is 27.5 Å². The van der Waals surface area contributed by atoms with Crippen LogP contribution in [0.3, 0.4) is 0 Å². The summed E-state index contributed by atoms with van der Waals surface area (Å²) in [5.41, 5.74) is 0.833. The summed E-state index contributed by atoms with van der Waals surface area (Å²) in [6, 6.07) is 7.60. The van der Waals surface area contributed by atoms with Crippen LogP contribution in [0, 0.1) is 11.8 Å². The fraction of sp³-hybridized carbons (Fsp3) is 0.462. The summed E-state index contributed by atoms with van der Waals surface area (Å²) in [5.74, 6) is 0.373. The maximum absolute atomic E-state index is 12.1. The highest BCUT2D eigenvalue weighted by atomic mass is 79.9. The zero-order valence-corrected chi connectivity index (χ0v) is 12.0. The maximum Gasteiger partial charge on any atom is 0.229 e. The van der Waals surface area contributed by atoms with Crippen molar-refractivity contribution in [2.45, 2.75) is 13.8 Å². The topological polar surface area (TPSA) is 41.1 Å². The van der Waals surface area contributed by atoms with E-state index in [-0.39, 0.29) is 11.8 Å². The molecule has 0 saturated heterocycles. The van der Waals surface area contributed by atoms with Gasteiger partial charge in [0.25, 0.3) is 0 Å². The van der Waals surface area contributed by atoms with Gasteiger partial charge in [-0.2, -0.15) is 0 Å². The number of benzene rings is 1. The minimum absolute atomic E-state index is 0.0105. The average molecular weight is 299 g/mol. The van der Waals surface area contributed by atoms with Gasteiger partial charge in [0.1, 0.15) is 0 Å². The molecule has 17 heavy (non-hydrogen) atoms. The van der Waals surface area contributed by atoms with Crippen molar-refractivity contribution in [2.75, 3.05) is 18.9 Å². The van der Waals surface area contributed by atoms with Crippen LogP contribution in [0.1, 0.15) is 13.8 Å². The molecule has 0 spiro atoms. The Kier molecular flexibility index (Phi) is 5.65. The van der Waals surface area contributed by atoms with Crippen LogP contribution in [0.25, 0.3) is 0 Å². The van der Waals surface area contributed by atoms with Crippen LogP contribution >= 0.6 is 15.9 Å². The van der Waals surface area contributed by atoms with Crippen molar-refractivity contribution in [3.63, 3.8) is 0 Å². The zero-order valence-electron chi connectivity index (χ0n) is 10.5. The first kappa shape index (κ1) is 14.2. The van der Waals surface area contributed by atoms with Crippen molar-refractivity contribution in [3.8, 4) is 0 Å². The van der Waals surface area contributed by atoms with E-state index >= 15 is 0 Å². The maximum atomic E-state index is 12.1. The third-order valence-corrected chi connectivity index (χ3v) is 3.21. The molecule has 1 aromatic rings. The van der Waals surface area contributed by atoms with Crippen molar-refractivity contribution in [1.29, 1.82) is 0 Å². The second-order valence-corrected chi connectivity index (χ2v) is 5.32. The quantitative estimate of drug-likeness (QED) is 0.878. The molecule has 1 rings (SSSR count). The molecule has 1 amide bonds. The van der Waals surface area contributed by atoms with Gasteiger partial charge in [0.05, 0.1) is 5.92 Å². The van der Waals surface area contributed by atoms with Crippen LogP contribution in [0.15, 0.2) is 28.7 Å². The Morgan fingerprint density at radius 3 is 2.35 bits per heavy atom. The largest absolute Gasteiger partial charge is 0.326 e. The van der Waals surface area contributed by atoms with Crippen molar-refractivity contribution < 1.29 is 4.79 Å². The first-order valence-electron chi connectivity index (χ1n) is 5.75. The Labute approximate surface area is 111 Å². The standard InChI is InChI=1S/C13H19BrN2O/c1-9(2)12(8-15-3)13(17)16-11-6-4-10(14)5-7-11/h4-7,9,12,15H,8H2,1-3H3,(H,16,17). The van der Waals surface area contributed by atoms with Crippen molar-refractivity contribution in [1.82, 2.24) is 5.32 Å². The molecule has 0 aliphatic heterocycles. The summed E-state index contributed by atoms with van der Waals surface area (Å²) in [6.07, 6.45) is 0. The van der Waals surface area contributed by atoms with Gasteiger partial charge in [-0.15, -0.1) is 0 Å². The van der Waals surface area contributed by atoms with Crippen molar-refractivity contribution in [2.24, 2.45) is 11.8 Å². The van der Waals surface area contributed by atoms with Crippen molar-refractivity contribution in [3.05, 3.63) is 28.7 Å². The van der Waals surface area contributed by atoms with E-state index in [1.54, 1.807) is 0 Å². The van der Waals surface area contributed by atoms with E-state index in [1.165, 1.54) is 0 Å². The third kappa shape index (κ3) is 4.48. The van der Waals surface area contributed by atoms with Gasteiger partial charge in [-0.05, 0) is 37.2 Å². The van der Waals surface area contributed by atoms with E-state index in [0.29, 0.717) is 12.5 Å². The first-order chi connectivity index (χ1) is 8.04. The van der Waals surface area contributed by atoms with E-state index in [1.807, 2.05) is 31.3 Å². The van der Waals surface area contributed by atoms with Crippen LogP contribution in [-0.2, 0) is 4.79 Å². The van der Waals surface area contributed by atoms with Crippen LogP contribution in [0.5, 0.6) is 0 Å². The number of carbonyl (C=O) groups excluding carboxylic acids is 1. The SMILES string of the molecule is CNCC(C(=O)Nc1ccc(Br)cc1)C(C)C. The second kappa shape index (κ2) is 6.77. The Bertz CT molecular complexity index is 362. The molecule has 2 N–H and O–H groups in total. The predicted octanol–water partition coefficient (Wildman–Crippen LogP) is 2.88. The molecule has 1 aromatic carbocycles. The summed E-state index contributed by atoms with van der Waals surface area (Å²) in [6.45, 7) is 4.81. The summed E-state index contributed by atoms with van der Waals surface area (Å²) < 4.78 is 1.01. The van der Waals surface area contributed by atoms with Gasteiger partial charge in [0, 0.05) is 16.7 Å². The normalized spacial score (nSPS) is 12.5. The fourth-order valence-corrected chi connectivity index (χ4v) is 1.88. The summed E-state index contributed by atoms with van der Waals surface area (Å²) in [7, 11) is 1.86. The van der Waals surface area contributed by atoms with Crippen LogP contribution < -0.4 is 10.6 Å². The Balaban J connectivity index is 2.66. The van der Waals surface area contributed by atoms with Gasteiger partial charge < -0.3 is 10.6 Å². The van der Waals surface area contributed by atoms with Gasteiger partial charge in [-0.3, -0.25) is 4.79 Å². The third-order valence-electron chi connectivity index (χ3n) is 2.68. The molecule has 0 aliphatic rings. The van der Waals surface area contributed by atoms with E-state index in [0.717, 1.165) is 10.2 Å². The van der Waals surface area contributed by atoms with Crippen LogP contribution in [0.4, 0.5) is 5.69 Å². The molecule has 0 aliphatic carbocycles. The molecular formula is C13H19BrN2O. The average Bonchev–Trinajstić information content (AvgIpc) is 2.28.